The van der Waals surface area contributed by atoms with Crippen molar-refractivity contribution in [3.63, 3.8) is 0 Å². The van der Waals surface area contributed by atoms with Gasteiger partial charge in [0.1, 0.15) is 13.1 Å². The normalized spacial score (nSPS) is 17.7. The lowest BCUT2D eigenvalue weighted by atomic mass is 10.1. The van der Waals surface area contributed by atoms with Gasteiger partial charge in [0.15, 0.2) is 5.71 Å². The molecule has 0 atom stereocenters. The molecule has 4 heteroatoms. The van der Waals surface area contributed by atoms with E-state index in [0.717, 1.165) is 13.1 Å². The van der Waals surface area contributed by atoms with Gasteiger partial charge < -0.3 is 9.80 Å². The van der Waals surface area contributed by atoms with E-state index >= 15 is 0 Å². The highest BCUT2D eigenvalue weighted by Crippen LogP contribution is 2.29. The van der Waals surface area contributed by atoms with Gasteiger partial charge in [0.2, 0.25) is 17.1 Å². The van der Waals surface area contributed by atoms with Gasteiger partial charge in [0, 0.05) is 86.1 Å². The first-order valence-electron chi connectivity index (χ1n) is 13.1. The summed E-state index contributed by atoms with van der Waals surface area (Å²) in [5.41, 5.74) is 7.55. The van der Waals surface area contributed by atoms with Gasteiger partial charge in [-0.2, -0.15) is 4.58 Å². The number of nitrogens with zero attached hydrogens (tertiary/aromatic N) is 4. The van der Waals surface area contributed by atoms with Gasteiger partial charge >= 0.3 is 0 Å². The summed E-state index contributed by atoms with van der Waals surface area (Å²) in [5, 5.41) is 0. The Labute approximate surface area is 204 Å². The molecule has 2 fully saturated rings. The molecular formula is C30H38N4+2. The van der Waals surface area contributed by atoms with Crippen LogP contribution in [-0.2, 0) is 0 Å². The van der Waals surface area contributed by atoms with Crippen LogP contribution in [0, 0.1) is 0 Å². The van der Waals surface area contributed by atoms with Crippen LogP contribution in [-0.4, -0.2) is 55.3 Å². The van der Waals surface area contributed by atoms with Crippen molar-refractivity contribution in [2.45, 2.75) is 39.5 Å². The molecule has 0 amide bonds. The van der Waals surface area contributed by atoms with Crippen LogP contribution >= 0.6 is 0 Å². The van der Waals surface area contributed by atoms with Gasteiger partial charge in [-0.25, -0.2) is 4.58 Å². The molecule has 4 nitrogen and oxygen atoms in total. The minimum Gasteiger partial charge on any atom is -0.372 e. The zero-order chi connectivity index (χ0) is 23.3. The summed E-state index contributed by atoms with van der Waals surface area (Å²) in [6.07, 6.45) is 14.2. The Kier molecular flexibility index (Phi) is 6.94. The van der Waals surface area contributed by atoms with Crippen molar-refractivity contribution in [1.82, 2.24) is 4.58 Å². The van der Waals surface area contributed by atoms with E-state index in [4.69, 9.17) is 0 Å². The largest absolute Gasteiger partial charge is 0.372 e. The lowest BCUT2D eigenvalue weighted by molar-refractivity contribution is -0.519. The van der Waals surface area contributed by atoms with E-state index in [0.29, 0.717) is 0 Å². The van der Waals surface area contributed by atoms with Gasteiger partial charge in [0.05, 0.1) is 0 Å². The quantitative estimate of drug-likeness (QED) is 0.405. The molecule has 3 aliphatic rings. The average molecular weight is 455 g/mol. The smallest absolute Gasteiger partial charge is 0.212 e. The first-order valence-corrected chi connectivity index (χ1v) is 13.1. The van der Waals surface area contributed by atoms with Crippen LogP contribution in [0.25, 0.3) is 0 Å². The van der Waals surface area contributed by atoms with E-state index in [9.17, 15) is 0 Å². The Morgan fingerprint density at radius 3 is 1.32 bits per heavy atom. The van der Waals surface area contributed by atoms with Crippen molar-refractivity contribution in [1.29, 1.82) is 0 Å². The summed E-state index contributed by atoms with van der Waals surface area (Å²) >= 11 is 0. The summed E-state index contributed by atoms with van der Waals surface area (Å²) in [7, 11) is 0. The fourth-order valence-electron chi connectivity index (χ4n) is 5.42. The maximum Gasteiger partial charge on any atom is 0.212 e. The van der Waals surface area contributed by atoms with E-state index in [-0.39, 0.29) is 0 Å². The molecule has 0 saturated carbocycles. The van der Waals surface area contributed by atoms with Crippen LogP contribution in [0.2, 0.25) is 0 Å². The van der Waals surface area contributed by atoms with Gasteiger partial charge in [-0.3, -0.25) is 0 Å². The fraction of sp³-hybridized carbons (Fsp3) is 0.400. The summed E-state index contributed by atoms with van der Waals surface area (Å²) in [4.78, 5) is 5.00. The maximum absolute atomic E-state index is 2.50. The molecule has 0 bridgehead atoms. The van der Waals surface area contributed by atoms with Crippen LogP contribution in [0.5, 0.6) is 0 Å². The number of anilines is 2. The second-order valence-corrected chi connectivity index (χ2v) is 9.45. The molecule has 34 heavy (non-hydrogen) atoms. The third-order valence-corrected chi connectivity index (χ3v) is 7.39. The van der Waals surface area contributed by atoms with Crippen LogP contribution in [0.3, 0.4) is 0 Å². The monoisotopic (exact) mass is 454 g/mol. The maximum atomic E-state index is 2.50. The summed E-state index contributed by atoms with van der Waals surface area (Å²) in [6, 6.07) is 18.3. The first kappa shape index (κ1) is 22.6. The van der Waals surface area contributed by atoms with Crippen LogP contribution < -0.4 is 14.4 Å². The molecule has 0 unspecified atom stereocenters. The predicted molar refractivity (Wildman–Crippen MR) is 147 cm³/mol. The van der Waals surface area contributed by atoms with Crippen LogP contribution in [0.1, 0.15) is 39.5 Å². The highest BCUT2D eigenvalue weighted by Gasteiger charge is 2.22. The van der Waals surface area contributed by atoms with Gasteiger partial charge in [0.25, 0.3) is 0 Å². The van der Waals surface area contributed by atoms with Gasteiger partial charge in [-0.15, -0.1) is 0 Å². The fourth-order valence-corrected chi connectivity index (χ4v) is 5.42. The lowest BCUT2D eigenvalue weighted by Crippen LogP contribution is -2.22. The second kappa shape index (κ2) is 10.4. The van der Waals surface area contributed by atoms with E-state index in [1.807, 2.05) is 0 Å². The second-order valence-electron chi connectivity index (χ2n) is 9.45. The summed E-state index contributed by atoms with van der Waals surface area (Å²) in [6.45, 7) is 11.2. The predicted octanol–water partition coefficient (Wildman–Crippen LogP) is 5.78. The molecule has 5 rings (SSSR count). The molecule has 176 valence electrons. The first-order chi connectivity index (χ1) is 16.8. The molecule has 0 N–H and O–H groups in total. The summed E-state index contributed by atoms with van der Waals surface area (Å²) < 4.78 is 4.78. The van der Waals surface area contributed by atoms with Gasteiger partial charge in [-0.05, 0) is 63.8 Å². The molecule has 2 aromatic rings. The van der Waals surface area contributed by atoms with Crippen molar-refractivity contribution < 1.29 is 4.58 Å². The number of benzene rings is 2. The Morgan fingerprint density at radius 2 is 0.941 bits per heavy atom. The molecule has 0 aromatic heterocycles. The zero-order valence-corrected chi connectivity index (χ0v) is 20.8. The third-order valence-electron chi connectivity index (χ3n) is 7.39. The highest BCUT2D eigenvalue weighted by atomic mass is 15.1. The minimum atomic E-state index is 1.02. The van der Waals surface area contributed by atoms with Crippen LogP contribution in [0.15, 0.2) is 72.8 Å². The standard InChI is InChI=1S/C30H38N4/c1-3-31(4-2)25-9-15-28(16-10-25)34(29-17-11-26(12-18-29)32-21-5-6-22-32)30-19-13-27(14-20-30)33-23-7-8-24-33/h9-20H,3-8,21-24H2,1-2H3/q+2. The Balaban J connectivity index is 1.52. The SMILES string of the molecule is CC[N+](CC)=C1C=CC(=[N+](c2ccc(N3CCCC3)cc2)c2ccc(N3CCCC3)cc2)C=C1. The molecule has 2 aromatic carbocycles. The number of rotatable bonds is 6. The lowest BCUT2D eigenvalue weighted by Gasteiger charge is -2.18. The minimum absolute atomic E-state index is 1.02. The van der Waals surface area contributed by atoms with Crippen molar-refractivity contribution in [3.05, 3.63) is 72.8 Å². The van der Waals surface area contributed by atoms with E-state index < -0.39 is 0 Å². The molecule has 2 saturated heterocycles. The Hall–Kier alpha value is -3.14. The van der Waals surface area contributed by atoms with E-state index in [1.54, 1.807) is 0 Å². The molecule has 0 spiro atoms. The van der Waals surface area contributed by atoms with Crippen molar-refractivity contribution >= 4 is 34.2 Å². The summed E-state index contributed by atoms with van der Waals surface area (Å²) in [5.74, 6) is 0. The highest BCUT2D eigenvalue weighted by molar-refractivity contribution is 6.18. The molecule has 0 radical (unpaired) electrons. The molecule has 2 heterocycles. The topological polar surface area (TPSA) is 12.5 Å². The number of hydrogen-bond acceptors (Lipinski definition) is 2. The molecule has 1 aliphatic carbocycles. The number of allylic oxidation sites excluding steroid dienone is 4. The van der Waals surface area contributed by atoms with Gasteiger partial charge in [-0.1, -0.05) is 0 Å². The van der Waals surface area contributed by atoms with E-state index in [2.05, 4.69) is 106 Å². The van der Waals surface area contributed by atoms with Crippen molar-refractivity contribution in [3.8, 4) is 0 Å². The molecular weight excluding hydrogens is 416 g/mol. The van der Waals surface area contributed by atoms with Crippen molar-refractivity contribution in [2.75, 3.05) is 49.1 Å². The zero-order valence-electron chi connectivity index (χ0n) is 20.8. The number of hydrogen-bond donors (Lipinski definition) is 0. The third kappa shape index (κ3) is 4.72. The molecule has 2 aliphatic heterocycles. The van der Waals surface area contributed by atoms with Crippen LogP contribution in [0.4, 0.5) is 22.7 Å². The Morgan fingerprint density at radius 1 is 0.559 bits per heavy atom. The average Bonchev–Trinajstić information content (AvgIpc) is 3.62. The van der Waals surface area contributed by atoms with Crippen molar-refractivity contribution in [2.24, 2.45) is 0 Å². The Bertz CT molecular complexity index is 1020. The van der Waals surface area contributed by atoms with E-state index in [1.165, 1.54) is 86.0 Å².